The summed E-state index contributed by atoms with van der Waals surface area (Å²) >= 11 is 23.3. The van der Waals surface area contributed by atoms with Crippen molar-refractivity contribution >= 4 is 58.0 Å². The summed E-state index contributed by atoms with van der Waals surface area (Å²) in [6.07, 6.45) is 5.93. The highest BCUT2D eigenvalue weighted by Gasteiger charge is 2.35. The summed E-state index contributed by atoms with van der Waals surface area (Å²) in [6, 6.07) is 0. The van der Waals surface area contributed by atoms with Gasteiger partial charge in [-0.2, -0.15) is 0 Å². The van der Waals surface area contributed by atoms with Crippen LogP contribution < -0.4 is 10.6 Å². The average Bonchev–Trinajstić information content (AvgIpc) is 2.72. The van der Waals surface area contributed by atoms with Gasteiger partial charge in [-0.15, -0.1) is 0 Å². The van der Waals surface area contributed by atoms with Crippen molar-refractivity contribution in [3.8, 4) is 0 Å². The van der Waals surface area contributed by atoms with Crippen molar-refractivity contribution in [2.45, 2.75) is 61.8 Å². The Morgan fingerprint density at radius 2 is 1.77 bits per heavy atom. The largest absolute Gasteiger partial charge is 0.349 e. The highest BCUT2D eigenvalue weighted by Crippen LogP contribution is 2.29. The van der Waals surface area contributed by atoms with Gasteiger partial charge in [0.25, 0.3) is 0 Å². The van der Waals surface area contributed by atoms with Gasteiger partial charge < -0.3 is 15.5 Å². The predicted octanol–water partition coefficient (Wildman–Crippen LogP) is 3.74. The summed E-state index contributed by atoms with van der Waals surface area (Å²) < 4.78 is -1.67. The maximum atomic E-state index is 11.9. The van der Waals surface area contributed by atoms with Gasteiger partial charge in [0.1, 0.15) is 6.17 Å². The first-order chi connectivity index (χ1) is 10.3. The molecule has 0 bridgehead atoms. The fourth-order valence-electron chi connectivity index (χ4n) is 2.26. The number of nitrogens with one attached hydrogen (secondary N) is 2. The number of alkyl halides is 3. The van der Waals surface area contributed by atoms with E-state index in [0.29, 0.717) is 11.5 Å². The number of thiocarbonyl (C=S) groups is 1. The quantitative estimate of drug-likeness (QED) is 0.428. The zero-order chi connectivity index (χ0) is 16.6. The second kappa shape index (κ2) is 10.0. The van der Waals surface area contributed by atoms with E-state index >= 15 is 0 Å². The number of rotatable bonds is 5. The lowest BCUT2D eigenvalue weighted by Gasteiger charge is -2.31. The SMILES string of the molecule is CCCCC(=O)N[C@@H](NC(=S)N1CCCCCC1)C(Cl)(Cl)Cl. The smallest absolute Gasteiger partial charge is 0.228 e. The van der Waals surface area contributed by atoms with Crippen LogP contribution in [0, 0.1) is 0 Å². The number of carbonyl (C=O) groups is 1. The summed E-state index contributed by atoms with van der Waals surface area (Å²) in [5.41, 5.74) is 0. The van der Waals surface area contributed by atoms with E-state index in [-0.39, 0.29) is 5.91 Å². The Bertz CT molecular complexity index is 369. The van der Waals surface area contributed by atoms with Crippen LogP contribution in [0.3, 0.4) is 0 Å². The summed E-state index contributed by atoms with van der Waals surface area (Å²) in [6.45, 7) is 3.80. The van der Waals surface area contributed by atoms with Crippen molar-refractivity contribution < 1.29 is 4.79 Å². The molecule has 8 heteroatoms. The summed E-state index contributed by atoms with van der Waals surface area (Å²) in [4.78, 5) is 14.0. The van der Waals surface area contributed by atoms with Gasteiger partial charge in [-0.1, -0.05) is 61.0 Å². The molecule has 0 aromatic rings. The van der Waals surface area contributed by atoms with Crippen LogP contribution in [-0.4, -0.2) is 39.0 Å². The standard InChI is InChI=1S/C14H24Cl3N3OS/c1-2-3-8-11(21)18-12(14(15,16)17)19-13(22)20-9-6-4-5-7-10-20/h12H,2-10H2,1H3,(H,18,21)(H,19,22)/t12-/m0/s1. The van der Waals surface area contributed by atoms with Gasteiger partial charge in [0.15, 0.2) is 5.11 Å². The third kappa shape index (κ3) is 7.53. The molecule has 1 heterocycles. The van der Waals surface area contributed by atoms with Crippen LogP contribution in [0.15, 0.2) is 0 Å². The minimum Gasteiger partial charge on any atom is -0.349 e. The molecule has 1 saturated heterocycles. The molecule has 0 spiro atoms. The van der Waals surface area contributed by atoms with Crippen LogP contribution >= 0.6 is 47.0 Å². The molecule has 128 valence electrons. The molecule has 0 unspecified atom stereocenters. The fraction of sp³-hybridized carbons (Fsp3) is 0.857. The zero-order valence-electron chi connectivity index (χ0n) is 12.8. The minimum absolute atomic E-state index is 0.149. The first kappa shape index (κ1) is 20.1. The van der Waals surface area contributed by atoms with Gasteiger partial charge in [-0.05, 0) is 31.5 Å². The van der Waals surface area contributed by atoms with E-state index in [0.717, 1.165) is 38.8 Å². The molecule has 1 aliphatic rings. The highest BCUT2D eigenvalue weighted by molar-refractivity contribution is 7.80. The average molecular weight is 389 g/mol. The van der Waals surface area contributed by atoms with Gasteiger partial charge in [0.05, 0.1) is 0 Å². The van der Waals surface area contributed by atoms with Gasteiger partial charge >= 0.3 is 0 Å². The molecule has 22 heavy (non-hydrogen) atoms. The number of hydrogen-bond acceptors (Lipinski definition) is 2. The third-order valence-electron chi connectivity index (χ3n) is 3.55. The molecule has 0 saturated carbocycles. The number of nitrogens with zero attached hydrogens (tertiary/aromatic N) is 1. The Hall–Kier alpha value is 0.0300. The second-order valence-corrected chi connectivity index (χ2v) is 8.25. The lowest BCUT2D eigenvalue weighted by Crippen LogP contribution is -2.58. The molecule has 2 N–H and O–H groups in total. The molecule has 1 aliphatic heterocycles. The van der Waals surface area contributed by atoms with Crippen LogP contribution in [0.25, 0.3) is 0 Å². The maximum Gasteiger partial charge on any atom is 0.228 e. The van der Waals surface area contributed by atoms with Crippen molar-refractivity contribution in [1.82, 2.24) is 15.5 Å². The van der Waals surface area contributed by atoms with Crippen LogP contribution in [0.5, 0.6) is 0 Å². The zero-order valence-corrected chi connectivity index (χ0v) is 15.9. The Balaban J connectivity index is 2.60. The molecule has 1 rings (SSSR count). The van der Waals surface area contributed by atoms with E-state index in [9.17, 15) is 4.79 Å². The predicted molar refractivity (Wildman–Crippen MR) is 97.5 cm³/mol. The molecule has 1 fully saturated rings. The summed E-state index contributed by atoms with van der Waals surface area (Å²) in [5.74, 6) is -0.149. The van der Waals surface area contributed by atoms with Gasteiger partial charge in [-0.25, -0.2) is 0 Å². The van der Waals surface area contributed by atoms with Crippen molar-refractivity contribution in [2.75, 3.05) is 13.1 Å². The van der Waals surface area contributed by atoms with Gasteiger partial charge in [0.2, 0.25) is 9.70 Å². The van der Waals surface area contributed by atoms with Gasteiger partial charge in [0, 0.05) is 19.5 Å². The number of likely N-dealkylation sites (tertiary alicyclic amines) is 1. The van der Waals surface area contributed by atoms with Crippen molar-refractivity contribution in [2.24, 2.45) is 0 Å². The molecular formula is C14H24Cl3N3OS. The van der Waals surface area contributed by atoms with Crippen molar-refractivity contribution in [3.63, 3.8) is 0 Å². The molecule has 4 nitrogen and oxygen atoms in total. The highest BCUT2D eigenvalue weighted by atomic mass is 35.6. The monoisotopic (exact) mass is 387 g/mol. The molecule has 0 radical (unpaired) electrons. The van der Waals surface area contributed by atoms with Crippen LogP contribution in [0.2, 0.25) is 0 Å². The van der Waals surface area contributed by atoms with E-state index in [1.807, 2.05) is 6.92 Å². The van der Waals surface area contributed by atoms with Crippen LogP contribution in [0.1, 0.15) is 51.9 Å². The Morgan fingerprint density at radius 1 is 1.18 bits per heavy atom. The lowest BCUT2D eigenvalue weighted by atomic mass is 10.2. The number of hydrogen-bond donors (Lipinski definition) is 2. The van der Waals surface area contributed by atoms with E-state index in [2.05, 4.69) is 15.5 Å². The fourth-order valence-corrected chi connectivity index (χ4v) is 2.89. The molecular weight excluding hydrogens is 365 g/mol. The normalized spacial score (nSPS) is 17.5. The Kier molecular flexibility index (Phi) is 9.14. The van der Waals surface area contributed by atoms with Crippen molar-refractivity contribution in [3.05, 3.63) is 0 Å². The summed E-state index contributed by atoms with van der Waals surface area (Å²) in [7, 11) is 0. The minimum atomic E-state index is -1.67. The number of halogens is 3. The van der Waals surface area contributed by atoms with Crippen LogP contribution in [-0.2, 0) is 4.79 Å². The number of unbranched alkanes of at least 4 members (excludes halogenated alkanes) is 1. The Labute approximate surface area is 153 Å². The molecule has 1 amide bonds. The second-order valence-electron chi connectivity index (χ2n) is 5.50. The van der Waals surface area contributed by atoms with E-state index in [1.54, 1.807) is 0 Å². The van der Waals surface area contributed by atoms with Crippen molar-refractivity contribution in [1.29, 1.82) is 0 Å². The number of amides is 1. The third-order valence-corrected chi connectivity index (χ3v) is 4.58. The van der Waals surface area contributed by atoms with E-state index in [4.69, 9.17) is 47.0 Å². The summed E-state index contributed by atoms with van der Waals surface area (Å²) in [5, 5.41) is 6.23. The lowest BCUT2D eigenvalue weighted by molar-refractivity contribution is -0.122. The first-order valence-corrected chi connectivity index (χ1v) is 9.30. The first-order valence-electron chi connectivity index (χ1n) is 7.76. The molecule has 0 aromatic carbocycles. The van der Waals surface area contributed by atoms with E-state index < -0.39 is 9.96 Å². The molecule has 0 aromatic heterocycles. The number of carbonyl (C=O) groups excluding carboxylic acids is 1. The maximum absolute atomic E-state index is 11.9. The Morgan fingerprint density at radius 3 is 2.27 bits per heavy atom. The van der Waals surface area contributed by atoms with Crippen LogP contribution in [0.4, 0.5) is 0 Å². The van der Waals surface area contributed by atoms with E-state index in [1.165, 1.54) is 12.8 Å². The van der Waals surface area contributed by atoms with Gasteiger partial charge in [-0.3, -0.25) is 4.79 Å². The molecule has 1 atom stereocenters. The topological polar surface area (TPSA) is 44.4 Å². The molecule has 0 aliphatic carbocycles.